The number of hydrogen-bond donors (Lipinski definition) is 0. The standard InChI is InChI=1S/C68H36N4O2S/c1-70-60-58(40-19-7-3-8-20-40)53(38-69)61(71-54-37-42(39-17-5-2-6-18-39)29-30-43(54)47-33-36-52-46-25-13-16-28-57(46)75-68(52)64(47)71)59(41-21-9-4-10-22-41)65(60)72-62-48(31-34-50-44-23-11-14-26-55(44)73-66(50)62)49-32-35-51-45-24-12-15-27-56(45)74-67(51)63(49)72/h2-37H. The summed E-state index contributed by atoms with van der Waals surface area (Å²) in [7, 11) is 0. The molecule has 0 atom stereocenters. The molecule has 0 radical (unpaired) electrons. The van der Waals surface area contributed by atoms with Gasteiger partial charge in [-0.2, -0.15) is 5.26 Å². The van der Waals surface area contributed by atoms with Gasteiger partial charge >= 0.3 is 0 Å². The average Bonchev–Trinajstić information content (AvgIpc) is 4.32. The van der Waals surface area contributed by atoms with E-state index in [2.05, 4.69) is 147 Å². The summed E-state index contributed by atoms with van der Waals surface area (Å²) in [5.74, 6) is 0. The summed E-state index contributed by atoms with van der Waals surface area (Å²) in [6.45, 7) is 9.58. The molecular formula is C68H36N4O2S. The van der Waals surface area contributed by atoms with Crippen molar-refractivity contribution in [2.24, 2.45) is 0 Å². The van der Waals surface area contributed by atoms with E-state index in [0.29, 0.717) is 39.4 Å². The second kappa shape index (κ2) is 15.7. The van der Waals surface area contributed by atoms with Crippen LogP contribution in [0.5, 0.6) is 0 Å². The Morgan fingerprint density at radius 2 is 0.907 bits per heavy atom. The highest BCUT2D eigenvalue weighted by Gasteiger charge is 2.34. The van der Waals surface area contributed by atoms with Crippen molar-refractivity contribution in [1.29, 1.82) is 5.26 Å². The molecule has 5 aromatic heterocycles. The summed E-state index contributed by atoms with van der Waals surface area (Å²) in [5, 5.41) is 22.5. The lowest BCUT2D eigenvalue weighted by Gasteiger charge is -2.26. The van der Waals surface area contributed by atoms with Crippen molar-refractivity contribution < 1.29 is 8.83 Å². The Kier molecular flexibility index (Phi) is 8.65. The Hall–Kier alpha value is -10.2. The van der Waals surface area contributed by atoms with E-state index < -0.39 is 0 Å². The van der Waals surface area contributed by atoms with E-state index in [9.17, 15) is 11.8 Å². The summed E-state index contributed by atoms with van der Waals surface area (Å²) in [5.41, 5.74) is 13.4. The van der Waals surface area contributed by atoms with E-state index in [-0.39, 0.29) is 0 Å². The van der Waals surface area contributed by atoms with Crippen LogP contribution in [-0.2, 0) is 0 Å². The van der Waals surface area contributed by atoms with Gasteiger partial charge in [-0.05, 0) is 58.7 Å². The molecule has 16 aromatic rings. The first-order chi connectivity index (χ1) is 37.2. The fourth-order valence-electron chi connectivity index (χ4n) is 12.2. The van der Waals surface area contributed by atoms with Gasteiger partial charge in [0.25, 0.3) is 0 Å². The topological polar surface area (TPSA) is 64.3 Å². The number of fused-ring (bicyclic) bond motifs is 18. The number of benzene rings is 11. The van der Waals surface area contributed by atoms with E-state index in [4.69, 9.17) is 8.83 Å². The number of thiophene rings is 1. The molecule has 0 aliphatic rings. The number of nitriles is 1. The van der Waals surface area contributed by atoms with Gasteiger partial charge in [-0.3, -0.25) is 0 Å². The van der Waals surface area contributed by atoms with Gasteiger partial charge in [0.1, 0.15) is 17.2 Å². The molecule has 6 nitrogen and oxygen atoms in total. The molecule has 5 heterocycles. The van der Waals surface area contributed by atoms with Gasteiger partial charge in [-0.1, -0.05) is 182 Å². The maximum absolute atomic E-state index is 12.3. The van der Waals surface area contributed by atoms with Gasteiger partial charge in [-0.25, -0.2) is 4.85 Å². The van der Waals surface area contributed by atoms with Crippen LogP contribution in [0.4, 0.5) is 5.69 Å². The third-order valence-corrected chi connectivity index (χ3v) is 16.6. The van der Waals surface area contributed by atoms with Crippen molar-refractivity contribution in [3.63, 3.8) is 0 Å². The number of hydrogen-bond acceptors (Lipinski definition) is 4. The van der Waals surface area contributed by atoms with Crippen molar-refractivity contribution >= 4 is 125 Å². The van der Waals surface area contributed by atoms with Gasteiger partial charge in [0.15, 0.2) is 11.2 Å². The summed E-state index contributed by atoms with van der Waals surface area (Å²) >= 11 is 1.77. The van der Waals surface area contributed by atoms with E-state index >= 15 is 0 Å². The molecule has 0 spiro atoms. The second-order valence-electron chi connectivity index (χ2n) is 19.2. The zero-order valence-corrected chi connectivity index (χ0v) is 40.6. The number of nitrogens with zero attached hydrogens (tertiary/aromatic N) is 4. The van der Waals surface area contributed by atoms with Crippen LogP contribution in [0.25, 0.3) is 157 Å². The molecule has 0 aliphatic carbocycles. The highest BCUT2D eigenvalue weighted by Crippen LogP contribution is 2.55. The van der Waals surface area contributed by atoms with Crippen LogP contribution in [-0.4, -0.2) is 9.13 Å². The van der Waals surface area contributed by atoms with Crippen molar-refractivity contribution in [2.75, 3.05) is 0 Å². The average molecular weight is 973 g/mol. The van der Waals surface area contributed by atoms with Gasteiger partial charge in [0, 0.05) is 69.7 Å². The van der Waals surface area contributed by atoms with Crippen LogP contribution >= 0.6 is 11.3 Å². The third kappa shape index (κ3) is 5.70. The van der Waals surface area contributed by atoms with E-state index in [1.165, 1.54) is 10.1 Å². The molecule has 0 N–H and O–H groups in total. The highest BCUT2D eigenvalue weighted by atomic mass is 32.1. The fourth-order valence-corrected chi connectivity index (χ4v) is 13.5. The normalized spacial score (nSPS) is 12.0. The minimum atomic E-state index is 0.332. The lowest BCUT2D eigenvalue weighted by atomic mass is 9.88. The molecule has 0 bridgehead atoms. The molecule has 0 saturated carbocycles. The van der Waals surface area contributed by atoms with Gasteiger partial charge in [0.2, 0.25) is 5.69 Å². The third-order valence-electron chi connectivity index (χ3n) is 15.4. The largest absolute Gasteiger partial charge is 0.454 e. The number of aromatic nitrogens is 2. The molecule has 0 amide bonds. The van der Waals surface area contributed by atoms with E-state index in [1.807, 2.05) is 91.0 Å². The minimum absolute atomic E-state index is 0.332. The van der Waals surface area contributed by atoms with Crippen LogP contribution in [0.2, 0.25) is 0 Å². The second-order valence-corrected chi connectivity index (χ2v) is 20.3. The summed E-state index contributed by atoms with van der Waals surface area (Å²) in [6.07, 6.45) is 0. The summed E-state index contributed by atoms with van der Waals surface area (Å²) < 4.78 is 21.0. The monoisotopic (exact) mass is 972 g/mol. The lowest BCUT2D eigenvalue weighted by Crippen LogP contribution is -2.09. The van der Waals surface area contributed by atoms with Crippen LogP contribution < -0.4 is 0 Å². The minimum Gasteiger partial charge on any atom is -0.454 e. The van der Waals surface area contributed by atoms with Crippen LogP contribution in [0.1, 0.15) is 5.56 Å². The van der Waals surface area contributed by atoms with Gasteiger partial charge < -0.3 is 18.0 Å². The zero-order valence-electron chi connectivity index (χ0n) is 39.8. The van der Waals surface area contributed by atoms with Crippen molar-refractivity contribution in [3.8, 4) is 50.8 Å². The Morgan fingerprint density at radius 1 is 0.413 bits per heavy atom. The van der Waals surface area contributed by atoms with Crippen LogP contribution in [0, 0.1) is 17.9 Å². The zero-order chi connectivity index (χ0) is 49.5. The molecule has 11 aromatic carbocycles. The molecule has 346 valence electrons. The fraction of sp³-hybridized carbons (Fsp3) is 0. The van der Waals surface area contributed by atoms with Crippen molar-refractivity contribution in [1.82, 2.24) is 9.13 Å². The Balaban J connectivity index is 1.22. The quantitative estimate of drug-likeness (QED) is 0.161. The smallest absolute Gasteiger partial charge is 0.220 e. The number of furan rings is 2. The molecule has 0 aliphatic heterocycles. The summed E-state index contributed by atoms with van der Waals surface area (Å²) in [6, 6.07) is 78.4. The number of para-hydroxylation sites is 2. The van der Waals surface area contributed by atoms with Crippen molar-refractivity contribution in [2.45, 2.75) is 0 Å². The van der Waals surface area contributed by atoms with Crippen molar-refractivity contribution in [3.05, 3.63) is 235 Å². The molecule has 0 saturated heterocycles. The maximum atomic E-state index is 12.3. The first-order valence-corrected chi connectivity index (χ1v) is 25.7. The van der Waals surface area contributed by atoms with Gasteiger partial charge in [-0.15, -0.1) is 11.3 Å². The SMILES string of the molecule is [C-]#[N+]c1c(-c2ccccc2)c(C#N)c(-n2c3cc(-c4ccccc4)ccc3c3ccc4c5ccccc5sc4c32)c(-c2ccccc2)c1-n1c2c(ccc3c4ccccc4oc32)c2ccc3c4ccccc4oc3c21. The van der Waals surface area contributed by atoms with Crippen LogP contribution in [0.15, 0.2) is 227 Å². The predicted octanol–water partition coefficient (Wildman–Crippen LogP) is 19.5. The maximum Gasteiger partial charge on any atom is 0.220 e. The molecular weight excluding hydrogens is 937 g/mol. The molecule has 7 heteroatoms. The Bertz CT molecular complexity index is 5070. The van der Waals surface area contributed by atoms with E-state index in [1.54, 1.807) is 11.3 Å². The molecule has 16 rings (SSSR count). The Morgan fingerprint density at radius 3 is 1.51 bits per heavy atom. The number of rotatable bonds is 5. The van der Waals surface area contributed by atoms with E-state index in [0.717, 1.165) is 114 Å². The lowest BCUT2D eigenvalue weighted by molar-refractivity contribution is 0.669. The molecule has 0 unspecified atom stereocenters. The van der Waals surface area contributed by atoms with Crippen LogP contribution in [0.3, 0.4) is 0 Å². The Labute approximate surface area is 431 Å². The highest BCUT2D eigenvalue weighted by molar-refractivity contribution is 7.26. The molecule has 75 heavy (non-hydrogen) atoms. The van der Waals surface area contributed by atoms with Gasteiger partial charge in [0.05, 0.1) is 50.3 Å². The summed E-state index contributed by atoms with van der Waals surface area (Å²) in [4.78, 5) is 4.65. The first-order valence-electron chi connectivity index (χ1n) is 24.9. The molecule has 0 fully saturated rings. The first kappa shape index (κ1) is 41.4. The predicted molar refractivity (Wildman–Crippen MR) is 310 cm³/mol.